The lowest BCUT2D eigenvalue weighted by atomic mass is 10.0. The Balaban J connectivity index is 4.04. The average molecular weight is 1010 g/mol. The van der Waals surface area contributed by atoms with Gasteiger partial charge in [0.2, 0.25) is 5.91 Å². The second-order valence-electron chi connectivity index (χ2n) is 22.8. The Morgan fingerprint density at radius 1 is 0.471 bits per heavy atom. The maximum atomic E-state index is 13.0. The van der Waals surface area contributed by atoms with Crippen molar-refractivity contribution in [2.45, 2.75) is 334 Å². The highest BCUT2D eigenvalue weighted by Crippen LogP contribution is 2.43. The molecule has 9 heteroatoms. The van der Waals surface area contributed by atoms with Gasteiger partial charge in [0.05, 0.1) is 39.9 Å². The Bertz CT molecular complexity index is 1150. The van der Waals surface area contributed by atoms with Gasteiger partial charge in [-0.05, 0) is 38.5 Å². The summed E-state index contributed by atoms with van der Waals surface area (Å²) in [6, 6.07) is -0.758. The number of allylic oxidation sites excluding steroid dienone is 2. The summed E-state index contributed by atoms with van der Waals surface area (Å²) in [7, 11) is 1.63. The lowest BCUT2D eigenvalue weighted by molar-refractivity contribution is -0.870. The van der Waals surface area contributed by atoms with Crippen LogP contribution in [-0.2, 0) is 18.4 Å². The lowest BCUT2D eigenvalue weighted by Gasteiger charge is -2.26. The number of unbranched alkanes of at least 4 members (excludes halogenated alkanes) is 43. The number of aliphatic hydroxyl groups excluding tert-OH is 1. The van der Waals surface area contributed by atoms with Crippen LogP contribution in [0.15, 0.2) is 12.2 Å². The molecule has 0 saturated heterocycles. The first kappa shape index (κ1) is 69.2. The second kappa shape index (κ2) is 53.1. The molecule has 0 aromatic rings. The first-order chi connectivity index (χ1) is 34.0. The number of aliphatic hydroxyl groups is 1. The van der Waals surface area contributed by atoms with E-state index in [1.807, 2.05) is 21.1 Å². The van der Waals surface area contributed by atoms with Crippen LogP contribution in [0.25, 0.3) is 0 Å². The normalized spacial score (nSPS) is 13.9. The van der Waals surface area contributed by atoms with Gasteiger partial charge in [0.1, 0.15) is 13.2 Å². The van der Waals surface area contributed by atoms with Crippen LogP contribution in [0.5, 0.6) is 0 Å². The van der Waals surface area contributed by atoms with Gasteiger partial charge < -0.3 is 19.8 Å². The molecule has 0 heterocycles. The molecule has 418 valence electrons. The van der Waals surface area contributed by atoms with Crippen LogP contribution in [0.4, 0.5) is 0 Å². The van der Waals surface area contributed by atoms with Crippen LogP contribution in [0.3, 0.4) is 0 Å². The fraction of sp³-hybridized carbons (Fsp3) is 0.951. The number of carbonyl (C=O) groups excluding carboxylic acids is 1. The highest BCUT2D eigenvalue weighted by molar-refractivity contribution is 7.47. The van der Waals surface area contributed by atoms with E-state index < -0.39 is 20.0 Å². The smallest absolute Gasteiger partial charge is 0.391 e. The van der Waals surface area contributed by atoms with Crippen LogP contribution in [-0.4, -0.2) is 73.4 Å². The van der Waals surface area contributed by atoms with Crippen molar-refractivity contribution in [2.75, 3.05) is 40.9 Å². The summed E-state index contributed by atoms with van der Waals surface area (Å²) in [5.74, 6) is -0.138. The van der Waals surface area contributed by atoms with Gasteiger partial charge in [-0.3, -0.25) is 13.8 Å². The second-order valence-corrected chi connectivity index (χ2v) is 24.2. The van der Waals surface area contributed by atoms with Crippen molar-refractivity contribution in [3.8, 4) is 0 Å². The van der Waals surface area contributed by atoms with Crippen molar-refractivity contribution in [1.29, 1.82) is 0 Å². The summed E-state index contributed by atoms with van der Waals surface area (Å²) < 4.78 is 23.8. The quantitative estimate of drug-likeness (QED) is 0.0243. The zero-order valence-corrected chi connectivity index (χ0v) is 48.7. The predicted octanol–water partition coefficient (Wildman–Crippen LogP) is 19.0. The van der Waals surface area contributed by atoms with Crippen molar-refractivity contribution >= 4 is 13.7 Å². The molecule has 0 rings (SSSR count). The van der Waals surface area contributed by atoms with Gasteiger partial charge in [-0.2, -0.15) is 0 Å². The largest absolute Gasteiger partial charge is 0.472 e. The first-order valence-corrected chi connectivity index (χ1v) is 32.5. The molecule has 70 heavy (non-hydrogen) atoms. The maximum absolute atomic E-state index is 13.0. The zero-order valence-electron chi connectivity index (χ0n) is 47.8. The van der Waals surface area contributed by atoms with Gasteiger partial charge in [-0.25, -0.2) is 4.57 Å². The molecule has 1 amide bonds. The monoisotopic (exact) mass is 1010 g/mol. The van der Waals surface area contributed by atoms with Gasteiger partial charge in [-0.1, -0.05) is 289 Å². The van der Waals surface area contributed by atoms with E-state index in [-0.39, 0.29) is 19.1 Å². The molecule has 0 saturated carbocycles. The van der Waals surface area contributed by atoms with Crippen molar-refractivity contribution in [3.63, 3.8) is 0 Å². The Labute approximate surface area is 437 Å². The van der Waals surface area contributed by atoms with E-state index in [2.05, 4.69) is 31.3 Å². The molecule has 0 radical (unpaired) electrons. The van der Waals surface area contributed by atoms with Gasteiger partial charge in [-0.15, -0.1) is 0 Å². The molecule has 0 aliphatic heterocycles. The van der Waals surface area contributed by atoms with Gasteiger partial charge >= 0.3 is 7.82 Å². The van der Waals surface area contributed by atoms with Crippen molar-refractivity contribution < 1.29 is 32.9 Å². The van der Waals surface area contributed by atoms with E-state index in [4.69, 9.17) is 9.05 Å². The third-order valence-electron chi connectivity index (χ3n) is 14.5. The van der Waals surface area contributed by atoms with E-state index >= 15 is 0 Å². The number of carbonyl (C=O) groups is 1. The van der Waals surface area contributed by atoms with E-state index in [1.54, 1.807) is 0 Å². The van der Waals surface area contributed by atoms with E-state index in [0.717, 1.165) is 38.5 Å². The van der Waals surface area contributed by atoms with Crippen molar-refractivity contribution in [2.24, 2.45) is 0 Å². The van der Waals surface area contributed by atoms with Crippen LogP contribution in [0.1, 0.15) is 322 Å². The highest BCUT2D eigenvalue weighted by Gasteiger charge is 2.28. The summed E-state index contributed by atoms with van der Waals surface area (Å²) in [6.45, 7) is 4.94. The Hall–Kier alpha value is -0.760. The standard InChI is InChI=1S/C61H123N2O6P/c1-6-8-10-12-14-16-18-20-22-24-26-27-28-29-30-31-32-33-34-35-36-37-39-41-43-45-47-49-51-53-55-61(65)62-59(58-69-70(66,67)68-57-56-63(3,4)5)60(64)54-52-50-48-46-44-42-40-38-25-23-21-19-17-15-13-11-9-7-2/h29-30,59-60,64H,6-28,31-58H2,1-5H3,(H-,62,65,66,67)/p+1/b30-29-. The third kappa shape index (κ3) is 55.0. The average Bonchev–Trinajstić information content (AvgIpc) is 3.32. The fourth-order valence-electron chi connectivity index (χ4n) is 9.63. The topological polar surface area (TPSA) is 105 Å². The molecule has 0 bridgehead atoms. The summed E-state index contributed by atoms with van der Waals surface area (Å²) in [5, 5.41) is 14.1. The minimum absolute atomic E-state index is 0.0777. The summed E-state index contributed by atoms with van der Waals surface area (Å²) >= 11 is 0. The third-order valence-corrected chi connectivity index (χ3v) is 15.5. The Morgan fingerprint density at radius 2 is 0.771 bits per heavy atom. The van der Waals surface area contributed by atoms with Crippen LogP contribution < -0.4 is 5.32 Å². The van der Waals surface area contributed by atoms with Crippen LogP contribution in [0, 0.1) is 0 Å². The number of phosphoric ester groups is 1. The van der Waals surface area contributed by atoms with Crippen molar-refractivity contribution in [1.82, 2.24) is 5.32 Å². The SMILES string of the molecule is CCCCCCCCCCCCCC/C=C\CCCCCCCCCCCCCCCCC(=O)NC(COP(=O)(O)OCC[N+](C)(C)C)C(O)CCCCCCCCCCCCCCCCCCCC. The summed E-state index contributed by atoms with van der Waals surface area (Å²) in [4.78, 5) is 23.4. The van der Waals surface area contributed by atoms with E-state index in [0.29, 0.717) is 23.9 Å². The van der Waals surface area contributed by atoms with E-state index in [9.17, 15) is 19.4 Å². The Morgan fingerprint density at radius 3 is 1.10 bits per heavy atom. The summed E-state index contributed by atoms with van der Waals surface area (Å²) in [6.07, 6.45) is 65.7. The minimum Gasteiger partial charge on any atom is -0.391 e. The number of nitrogens with zero attached hydrogens (tertiary/aromatic N) is 1. The number of hydrogen-bond acceptors (Lipinski definition) is 5. The molecule has 3 unspecified atom stereocenters. The number of quaternary nitrogens is 1. The van der Waals surface area contributed by atoms with Crippen molar-refractivity contribution in [3.05, 3.63) is 12.2 Å². The Kier molecular flexibility index (Phi) is 52.5. The molecular weight excluding hydrogens is 888 g/mol. The van der Waals surface area contributed by atoms with Crippen LogP contribution in [0.2, 0.25) is 0 Å². The van der Waals surface area contributed by atoms with Crippen LogP contribution >= 0.6 is 7.82 Å². The first-order valence-electron chi connectivity index (χ1n) is 31.1. The molecule has 3 N–H and O–H groups in total. The highest BCUT2D eigenvalue weighted by atomic mass is 31.2. The molecule has 0 fully saturated rings. The molecule has 0 aliphatic rings. The predicted molar refractivity (Wildman–Crippen MR) is 305 cm³/mol. The number of phosphoric acid groups is 1. The minimum atomic E-state index is -4.32. The molecular formula is C61H124N2O6P+. The molecule has 8 nitrogen and oxygen atoms in total. The number of likely N-dealkylation sites (N-methyl/N-ethyl adjacent to an activating group) is 1. The lowest BCUT2D eigenvalue weighted by Crippen LogP contribution is -2.46. The van der Waals surface area contributed by atoms with Gasteiger partial charge in [0, 0.05) is 6.42 Å². The van der Waals surface area contributed by atoms with Gasteiger partial charge in [0.15, 0.2) is 0 Å². The zero-order chi connectivity index (χ0) is 51.3. The maximum Gasteiger partial charge on any atom is 0.472 e. The number of amides is 1. The molecule has 0 spiro atoms. The fourth-order valence-corrected chi connectivity index (χ4v) is 10.4. The molecule has 0 aromatic carbocycles. The molecule has 0 aromatic heterocycles. The van der Waals surface area contributed by atoms with Gasteiger partial charge in [0.25, 0.3) is 0 Å². The van der Waals surface area contributed by atoms with E-state index in [1.165, 1.54) is 257 Å². The number of hydrogen-bond donors (Lipinski definition) is 3. The number of nitrogens with one attached hydrogen (secondary N) is 1. The summed E-state index contributed by atoms with van der Waals surface area (Å²) in [5.41, 5.74) is 0. The molecule has 3 atom stereocenters. The number of rotatable bonds is 58. The molecule has 0 aliphatic carbocycles.